The first kappa shape index (κ1) is 16.0. The molecular weight excluding hydrogens is 138 g/mol. The second-order valence-corrected chi connectivity index (χ2v) is 0.346. The topological polar surface area (TPSA) is 95.7 Å². The molecule has 0 aliphatic rings. The maximum absolute atomic E-state index is 7.17. The molecule has 6 heteroatoms. The quantitative estimate of drug-likeness (QED) is 0.299. The molecule has 0 aliphatic heterocycles. The van der Waals surface area contributed by atoms with Crippen molar-refractivity contribution in [3.8, 4) is 0 Å². The molecular formula is H6BNO3Zn. The molecule has 0 bridgehead atoms. The zero-order chi connectivity index (χ0) is 3.58. The predicted molar refractivity (Wildman–Crippen MR) is 17.4 cm³/mol. The first-order valence-electron chi connectivity index (χ1n) is 0.775. The van der Waals surface area contributed by atoms with Crippen molar-refractivity contribution in [3.63, 3.8) is 0 Å². The van der Waals surface area contributed by atoms with E-state index < -0.39 is 7.32 Å². The molecule has 0 atom stereocenters. The van der Waals surface area contributed by atoms with Gasteiger partial charge in [0.15, 0.2) is 0 Å². The Labute approximate surface area is 48.7 Å². The van der Waals surface area contributed by atoms with E-state index in [4.69, 9.17) is 15.1 Å². The largest absolute Gasteiger partial charge is 0.631 e. The minimum Gasteiger partial charge on any atom is -0.402 e. The van der Waals surface area contributed by atoms with Gasteiger partial charge < -0.3 is 21.2 Å². The van der Waals surface area contributed by atoms with Crippen LogP contribution in [-0.2, 0) is 19.5 Å². The second kappa shape index (κ2) is 9.11. The van der Waals surface area contributed by atoms with E-state index in [-0.39, 0.29) is 25.6 Å². The van der Waals surface area contributed by atoms with Gasteiger partial charge in [-0.3, -0.25) is 0 Å². The Hall–Kier alpha value is 0.528. The molecule has 0 aromatic carbocycles. The smallest absolute Gasteiger partial charge is 0.402 e. The summed E-state index contributed by atoms with van der Waals surface area (Å²) < 4.78 is 0. The average molecular weight is 144 g/mol. The van der Waals surface area contributed by atoms with Crippen LogP contribution in [0.3, 0.4) is 0 Å². The summed E-state index contributed by atoms with van der Waals surface area (Å²) in [5.74, 6) is 0. The molecule has 34 valence electrons. The summed E-state index contributed by atoms with van der Waals surface area (Å²) in [6.45, 7) is 0. The molecule has 0 rings (SSSR count). The van der Waals surface area contributed by atoms with Crippen LogP contribution < -0.4 is 6.15 Å². The summed E-state index contributed by atoms with van der Waals surface area (Å²) >= 11 is 0. The third-order valence-corrected chi connectivity index (χ3v) is 0. The van der Waals surface area contributed by atoms with Gasteiger partial charge in [0, 0.05) is 19.5 Å². The standard InChI is InChI=1S/BH3O3.H3N.Zn/c2-1(3)4;;/h2-4H;1H3;. The van der Waals surface area contributed by atoms with Crippen molar-refractivity contribution in [1.29, 1.82) is 0 Å². The number of hydrogen-bond acceptors (Lipinski definition) is 4. The van der Waals surface area contributed by atoms with Crippen LogP contribution >= 0.6 is 0 Å². The van der Waals surface area contributed by atoms with Gasteiger partial charge in [-0.15, -0.1) is 0 Å². The molecule has 6 N–H and O–H groups in total. The van der Waals surface area contributed by atoms with Crippen LogP contribution in [-0.4, -0.2) is 22.4 Å². The Morgan fingerprint density at radius 1 is 1.00 bits per heavy atom. The average Bonchev–Trinajstić information content (AvgIpc) is 0.811. The molecule has 0 amide bonds. The Morgan fingerprint density at radius 2 is 1.00 bits per heavy atom. The molecule has 0 heterocycles. The summed E-state index contributed by atoms with van der Waals surface area (Å²) in [6, 6.07) is 0. The van der Waals surface area contributed by atoms with Crippen molar-refractivity contribution in [2.45, 2.75) is 0 Å². The molecule has 0 aliphatic carbocycles. The Kier molecular flexibility index (Phi) is 24.3. The molecule has 0 aromatic heterocycles. The minimum atomic E-state index is -2.17. The molecule has 0 saturated heterocycles. The van der Waals surface area contributed by atoms with Crippen molar-refractivity contribution in [1.82, 2.24) is 6.15 Å². The summed E-state index contributed by atoms with van der Waals surface area (Å²) in [5.41, 5.74) is 0. The van der Waals surface area contributed by atoms with Gasteiger partial charge in [-0.1, -0.05) is 0 Å². The van der Waals surface area contributed by atoms with Crippen molar-refractivity contribution < 1.29 is 34.6 Å². The summed E-state index contributed by atoms with van der Waals surface area (Å²) in [5, 5.41) is 21.5. The fourth-order valence-corrected chi connectivity index (χ4v) is 0. The third kappa shape index (κ3) is 202. The molecule has 0 fully saturated rings. The van der Waals surface area contributed by atoms with E-state index in [1.807, 2.05) is 0 Å². The molecule has 0 aromatic rings. The normalized spacial score (nSPS) is 4.50. The van der Waals surface area contributed by atoms with E-state index in [2.05, 4.69) is 0 Å². The van der Waals surface area contributed by atoms with Crippen LogP contribution in [0.15, 0.2) is 0 Å². The number of hydrogen-bond donors (Lipinski definition) is 4. The van der Waals surface area contributed by atoms with Crippen LogP contribution in [0.25, 0.3) is 0 Å². The number of rotatable bonds is 0. The van der Waals surface area contributed by atoms with Crippen LogP contribution in [0.2, 0.25) is 0 Å². The van der Waals surface area contributed by atoms with Crippen molar-refractivity contribution in [2.24, 2.45) is 0 Å². The maximum Gasteiger partial charge on any atom is 0.631 e. The van der Waals surface area contributed by atoms with E-state index in [1.54, 1.807) is 0 Å². The molecule has 0 saturated carbocycles. The van der Waals surface area contributed by atoms with E-state index >= 15 is 0 Å². The van der Waals surface area contributed by atoms with Crippen molar-refractivity contribution in [3.05, 3.63) is 0 Å². The van der Waals surface area contributed by atoms with Gasteiger partial charge >= 0.3 is 7.32 Å². The van der Waals surface area contributed by atoms with Crippen LogP contribution in [0.1, 0.15) is 0 Å². The van der Waals surface area contributed by atoms with Crippen molar-refractivity contribution >= 4 is 7.32 Å². The van der Waals surface area contributed by atoms with Gasteiger partial charge in [-0.05, 0) is 0 Å². The monoisotopic (exact) mass is 143 g/mol. The first-order valence-corrected chi connectivity index (χ1v) is 0.775. The van der Waals surface area contributed by atoms with Crippen LogP contribution in [0.5, 0.6) is 0 Å². The summed E-state index contributed by atoms with van der Waals surface area (Å²) in [4.78, 5) is 0. The van der Waals surface area contributed by atoms with E-state index in [0.29, 0.717) is 0 Å². The molecule has 6 heavy (non-hydrogen) atoms. The van der Waals surface area contributed by atoms with Crippen LogP contribution in [0.4, 0.5) is 0 Å². The molecule has 0 radical (unpaired) electrons. The van der Waals surface area contributed by atoms with Gasteiger partial charge in [-0.25, -0.2) is 0 Å². The predicted octanol–water partition coefficient (Wildman–Crippen LogP) is -1.89. The Bertz CT molecular complexity index is 15.5. The fraction of sp³-hybridized carbons (Fsp3) is 0. The third-order valence-electron chi connectivity index (χ3n) is 0. The van der Waals surface area contributed by atoms with Gasteiger partial charge in [0.1, 0.15) is 0 Å². The zero-order valence-electron chi connectivity index (χ0n) is 3.33. The van der Waals surface area contributed by atoms with Gasteiger partial charge in [-0.2, -0.15) is 0 Å². The van der Waals surface area contributed by atoms with Crippen LogP contribution in [0, 0.1) is 0 Å². The van der Waals surface area contributed by atoms with Crippen molar-refractivity contribution in [2.75, 3.05) is 0 Å². The summed E-state index contributed by atoms with van der Waals surface area (Å²) in [7, 11) is -2.17. The van der Waals surface area contributed by atoms with Gasteiger partial charge in [0.2, 0.25) is 0 Å². The summed E-state index contributed by atoms with van der Waals surface area (Å²) in [6.07, 6.45) is 0. The van der Waals surface area contributed by atoms with E-state index in [1.165, 1.54) is 0 Å². The fourth-order valence-electron chi connectivity index (χ4n) is 0. The Balaban J connectivity index is -0.0000000450. The SMILES string of the molecule is N.OB(O)O.[Zn]. The molecule has 0 unspecified atom stereocenters. The molecule has 4 nitrogen and oxygen atoms in total. The maximum atomic E-state index is 7.17. The zero-order valence-corrected chi connectivity index (χ0v) is 6.30. The van der Waals surface area contributed by atoms with E-state index in [9.17, 15) is 0 Å². The first-order chi connectivity index (χ1) is 1.73. The van der Waals surface area contributed by atoms with Gasteiger partial charge in [0.05, 0.1) is 0 Å². The van der Waals surface area contributed by atoms with E-state index in [0.717, 1.165) is 0 Å². The Morgan fingerprint density at radius 3 is 1.00 bits per heavy atom. The second-order valence-electron chi connectivity index (χ2n) is 0.346. The molecule has 0 spiro atoms. The minimum absolute atomic E-state index is 0. The van der Waals surface area contributed by atoms with Gasteiger partial charge in [0.25, 0.3) is 0 Å².